The molecule has 1 aromatic rings. The monoisotopic (exact) mass is 275 g/mol. The molecule has 1 aliphatic heterocycles. The van der Waals surface area contributed by atoms with E-state index in [4.69, 9.17) is 0 Å². The summed E-state index contributed by atoms with van der Waals surface area (Å²) in [7, 11) is 0. The van der Waals surface area contributed by atoms with Crippen molar-refractivity contribution in [3.05, 3.63) is 29.8 Å². The molecule has 1 saturated heterocycles. The Bertz CT molecular complexity index is 532. The van der Waals surface area contributed by atoms with Crippen molar-refractivity contribution in [2.45, 2.75) is 25.8 Å². The van der Waals surface area contributed by atoms with Crippen LogP contribution >= 0.6 is 0 Å². The predicted octanol–water partition coefficient (Wildman–Crippen LogP) is 0.653. The topological polar surface area (TPSA) is 87.3 Å². The second-order valence-electron chi connectivity index (χ2n) is 4.78. The van der Waals surface area contributed by atoms with E-state index in [0.29, 0.717) is 30.6 Å². The summed E-state index contributed by atoms with van der Waals surface area (Å²) in [6.45, 7) is 1.87. The Morgan fingerprint density at radius 1 is 1.35 bits per heavy atom. The summed E-state index contributed by atoms with van der Waals surface area (Å²) >= 11 is 0. The van der Waals surface area contributed by atoms with Crippen molar-refractivity contribution in [3.63, 3.8) is 0 Å². The zero-order chi connectivity index (χ0) is 14.5. The molecule has 0 aliphatic carbocycles. The fourth-order valence-corrected chi connectivity index (χ4v) is 2.07. The van der Waals surface area contributed by atoms with Crippen LogP contribution in [0.2, 0.25) is 0 Å². The van der Waals surface area contributed by atoms with E-state index >= 15 is 0 Å². The second kappa shape index (κ2) is 6.18. The molecule has 1 unspecified atom stereocenters. The lowest BCUT2D eigenvalue weighted by Crippen LogP contribution is -2.47. The standard InChI is InChI=1S/C14H17N3O3/c1-9(18)16-11-4-2-3-10(7-11)14(20)17-12-5-6-13(19)15-8-12/h2-4,7,12H,5-6,8H2,1H3,(H,15,19)(H,16,18)(H,17,20). The molecular formula is C14H17N3O3. The minimum absolute atomic E-state index is 0.0168. The number of carbonyl (C=O) groups is 3. The molecule has 1 aromatic carbocycles. The third kappa shape index (κ3) is 3.81. The number of amides is 3. The number of piperidine rings is 1. The van der Waals surface area contributed by atoms with Crippen molar-refractivity contribution in [2.75, 3.05) is 11.9 Å². The highest BCUT2D eigenvalue weighted by Gasteiger charge is 2.20. The Balaban J connectivity index is 1.98. The van der Waals surface area contributed by atoms with Gasteiger partial charge < -0.3 is 16.0 Å². The number of hydrogen-bond acceptors (Lipinski definition) is 3. The molecule has 6 nitrogen and oxygen atoms in total. The van der Waals surface area contributed by atoms with Gasteiger partial charge in [0.1, 0.15) is 0 Å². The van der Waals surface area contributed by atoms with E-state index in [2.05, 4.69) is 16.0 Å². The molecule has 106 valence electrons. The molecule has 2 rings (SSSR count). The van der Waals surface area contributed by atoms with Crippen LogP contribution in [0, 0.1) is 0 Å². The summed E-state index contributed by atoms with van der Waals surface area (Å²) < 4.78 is 0. The van der Waals surface area contributed by atoms with E-state index in [0.717, 1.165) is 0 Å². The van der Waals surface area contributed by atoms with Gasteiger partial charge in [-0.2, -0.15) is 0 Å². The lowest BCUT2D eigenvalue weighted by Gasteiger charge is -2.23. The van der Waals surface area contributed by atoms with Crippen LogP contribution in [0.25, 0.3) is 0 Å². The highest BCUT2D eigenvalue weighted by molar-refractivity contribution is 5.97. The molecule has 0 aromatic heterocycles. The second-order valence-corrected chi connectivity index (χ2v) is 4.78. The molecular weight excluding hydrogens is 258 g/mol. The Kier molecular flexibility index (Phi) is 4.34. The van der Waals surface area contributed by atoms with Crippen LogP contribution in [0.1, 0.15) is 30.1 Å². The van der Waals surface area contributed by atoms with Gasteiger partial charge in [-0.25, -0.2) is 0 Å². The first-order valence-corrected chi connectivity index (χ1v) is 6.50. The summed E-state index contributed by atoms with van der Waals surface area (Å²) in [4.78, 5) is 34.1. The van der Waals surface area contributed by atoms with Crippen molar-refractivity contribution in [2.24, 2.45) is 0 Å². The van der Waals surface area contributed by atoms with E-state index in [9.17, 15) is 14.4 Å². The normalized spacial score (nSPS) is 18.1. The van der Waals surface area contributed by atoms with Gasteiger partial charge in [-0.05, 0) is 24.6 Å². The molecule has 0 saturated carbocycles. The fourth-order valence-electron chi connectivity index (χ4n) is 2.07. The molecule has 3 N–H and O–H groups in total. The fraction of sp³-hybridized carbons (Fsp3) is 0.357. The average molecular weight is 275 g/mol. The van der Waals surface area contributed by atoms with Gasteiger partial charge in [0, 0.05) is 37.2 Å². The zero-order valence-electron chi connectivity index (χ0n) is 11.2. The van der Waals surface area contributed by atoms with E-state index in [1.807, 2.05) is 0 Å². The Labute approximate surface area is 116 Å². The highest BCUT2D eigenvalue weighted by Crippen LogP contribution is 2.11. The van der Waals surface area contributed by atoms with E-state index in [1.165, 1.54) is 6.92 Å². The van der Waals surface area contributed by atoms with Gasteiger partial charge in [0.05, 0.1) is 0 Å². The molecule has 20 heavy (non-hydrogen) atoms. The molecule has 1 aliphatic rings. The minimum Gasteiger partial charge on any atom is -0.354 e. The third-order valence-corrected chi connectivity index (χ3v) is 3.05. The van der Waals surface area contributed by atoms with E-state index in [1.54, 1.807) is 24.3 Å². The van der Waals surface area contributed by atoms with Crippen molar-refractivity contribution in [3.8, 4) is 0 Å². The number of nitrogens with one attached hydrogen (secondary N) is 3. The van der Waals surface area contributed by atoms with Gasteiger partial charge in [0.15, 0.2) is 0 Å². The first-order chi connectivity index (χ1) is 9.54. The Morgan fingerprint density at radius 2 is 2.15 bits per heavy atom. The largest absolute Gasteiger partial charge is 0.354 e. The van der Waals surface area contributed by atoms with Gasteiger partial charge in [0.25, 0.3) is 5.91 Å². The van der Waals surface area contributed by atoms with Crippen LogP contribution in [-0.2, 0) is 9.59 Å². The molecule has 1 heterocycles. The summed E-state index contributed by atoms with van der Waals surface area (Å²) in [6.07, 6.45) is 1.07. The van der Waals surface area contributed by atoms with Crippen LogP contribution in [-0.4, -0.2) is 30.3 Å². The number of carbonyl (C=O) groups excluding carboxylic acids is 3. The maximum atomic E-state index is 12.1. The molecule has 3 amide bonds. The zero-order valence-corrected chi connectivity index (χ0v) is 11.2. The summed E-state index contributed by atoms with van der Waals surface area (Å²) in [5, 5.41) is 8.22. The summed E-state index contributed by atoms with van der Waals surface area (Å²) in [5.74, 6) is -0.376. The van der Waals surface area contributed by atoms with Crippen molar-refractivity contribution < 1.29 is 14.4 Å². The van der Waals surface area contributed by atoms with Crippen LogP contribution in [0.3, 0.4) is 0 Å². The SMILES string of the molecule is CC(=O)Nc1cccc(C(=O)NC2CCC(=O)NC2)c1. The maximum absolute atomic E-state index is 12.1. The molecule has 1 fully saturated rings. The lowest BCUT2D eigenvalue weighted by molar-refractivity contribution is -0.122. The maximum Gasteiger partial charge on any atom is 0.251 e. The molecule has 0 radical (unpaired) electrons. The molecule has 6 heteroatoms. The molecule has 0 spiro atoms. The number of anilines is 1. The van der Waals surface area contributed by atoms with Gasteiger partial charge in [0.2, 0.25) is 11.8 Å². The lowest BCUT2D eigenvalue weighted by atomic mass is 10.1. The van der Waals surface area contributed by atoms with Crippen molar-refractivity contribution in [1.29, 1.82) is 0 Å². The van der Waals surface area contributed by atoms with Crippen molar-refractivity contribution >= 4 is 23.4 Å². The quantitative estimate of drug-likeness (QED) is 0.757. The summed E-state index contributed by atoms with van der Waals surface area (Å²) in [5.41, 5.74) is 1.07. The Hall–Kier alpha value is -2.37. The number of rotatable bonds is 3. The van der Waals surface area contributed by atoms with Gasteiger partial charge in [-0.3, -0.25) is 14.4 Å². The first-order valence-electron chi connectivity index (χ1n) is 6.50. The number of benzene rings is 1. The molecule has 1 atom stereocenters. The van der Waals surface area contributed by atoms with Crippen LogP contribution in [0.15, 0.2) is 24.3 Å². The smallest absolute Gasteiger partial charge is 0.251 e. The third-order valence-electron chi connectivity index (χ3n) is 3.05. The van der Waals surface area contributed by atoms with Gasteiger partial charge >= 0.3 is 0 Å². The predicted molar refractivity (Wildman–Crippen MR) is 74.2 cm³/mol. The van der Waals surface area contributed by atoms with Crippen LogP contribution in [0.5, 0.6) is 0 Å². The number of hydrogen-bond donors (Lipinski definition) is 3. The van der Waals surface area contributed by atoms with E-state index in [-0.39, 0.29) is 23.8 Å². The van der Waals surface area contributed by atoms with Gasteiger partial charge in [-0.15, -0.1) is 0 Å². The van der Waals surface area contributed by atoms with E-state index < -0.39 is 0 Å². The van der Waals surface area contributed by atoms with Gasteiger partial charge in [-0.1, -0.05) is 6.07 Å². The van der Waals surface area contributed by atoms with Crippen LogP contribution < -0.4 is 16.0 Å². The first kappa shape index (κ1) is 14.0. The Morgan fingerprint density at radius 3 is 2.80 bits per heavy atom. The average Bonchev–Trinajstić information content (AvgIpc) is 2.41. The van der Waals surface area contributed by atoms with Crippen molar-refractivity contribution in [1.82, 2.24) is 10.6 Å². The molecule has 0 bridgehead atoms. The highest BCUT2D eigenvalue weighted by atomic mass is 16.2. The minimum atomic E-state index is -0.210. The summed E-state index contributed by atoms with van der Waals surface area (Å²) in [6, 6.07) is 6.69. The van der Waals surface area contributed by atoms with Crippen LogP contribution in [0.4, 0.5) is 5.69 Å².